The highest BCUT2D eigenvalue weighted by Gasteiger charge is 2.32. The lowest BCUT2D eigenvalue weighted by atomic mass is 9.98. The number of carboxylic acids is 1. The summed E-state index contributed by atoms with van der Waals surface area (Å²) in [4.78, 5) is 11.4. The molecule has 21 heavy (non-hydrogen) atoms. The topological polar surface area (TPSA) is 58.6 Å². The Hall–Kier alpha value is -1.55. The number of aryl methyl sites for hydroxylation is 2. The maximum atomic E-state index is 11.4. The first-order chi connectivity index (χ1) is 10.0. The van der Waals surface area contributed by atoms with E-state index in [-0.39, 0.29) is 0 Å². The predicted molar refractivity (Wildman–Crippen MR) is 82.9 cm³/mol. The Morgan fingerprint density at radius 2 is 2.14 bits per heavy atom. The van der Waals surface area contributed by atoms with Crippen LogP contribution in [0.1, 0.15) is 44.2 Å². The molecular formula is C17H25NO3. The van der Waals surface area contributed by atoms with Crippen molar-refractivity contribution in [3.63, 3.8) is 0 Å². The molecule has 0 aromatic heterocycles. The number of fused-ring (bicyclic) bond motifs is 1. The van der Waals surface area contributed by atoms with Gasteiger partial charge in [-0.25, -0.2) is 0 Å². The van der Waals surface area contributed by atoms with Gasteiger partial charge in [0, 0.05) is 6.42 Å². The third-order valence-electron chi connectivity index (χ3n) is 4.18. The van der Waals surface area contributed by atoms with Crippen LogP contribution < -0.4 is 10.1 Å². The van der Waals surface area contributed by atoms with Crippen LogP contribution in [0, 0.1) is 0 Å². The van der Waals surface area contributed by atoms with Crippen molar-refractivity contribution < 1.29 is 14.6 Å². The highest BCUT2D eigenvalue weighted by atomic mass is 16.5. The SMILES string of the molecule is CCCNC(C)(CCOc1ccc2c(c1)CCC2)C(=O)O. The Morgan fingerprint density at radius 1 is 1.38 bits per heavy atom. The van der Waals surface area contributed by atoms with Gasteiger partial charge >= 0.3 is 5.97 Å². The zero-order valence-electron chi connectivity index (χ0n) is 12.9. The molecule has 1 atom stereocenters. The summed E-state index contributed by atoms with van der Waals surface area (Å²) in [5.74, 6) is 0.0207. The molecule has 0 amide bonds. The number of hydrogen-bond acceptors (Lipinski definition) is 3. The van der Waals surface area contributed by atoms with Gasteiger partial charge in [-0.05, 0) is 62.4 Å². The first kappa shape index (κ1) is 15.8. The maximum Gasteiger partial charge on any atom is 0.323 e. The largest absolute Gasteiger partial charge is 0.493 e. The Labute approximate surface area is 126 Å². The van der Waals surface area contributed by atoms with Crippen LogP contribution >= 0.6 is 0 Å². The minimum atomic E-state index is -0.924. The molecule has 0 heterocycles. The van der Waals surface area contributed by atoms with Crippen LogP contribution in [-0.4, -0.2) is 29.8 Å². The quantitative estimate of drug-likeness (QED) is 0.773. The highest BCUT2D eigenvalue weighted by molar-refractivity contribution is 5.78. The first-order valence-corrected chi connectivity index (χ1v) is 7.78. The summed E-state index contributed by atoms with van der Waals surface area (Å²) in [5, 5.41) is 12.5. The van der Waals surface area contributed by atoms with E-state index in [9.17, 15) is 9.90 Å². The Kier molecular flexibility index (Phi) is 5.23. The first-order valence-electron chi connectivity index (χ1n) is 7.78. The van der Waals surface area contributed by atoms with E-state index >= 15 is 0 Å². The maximum absolute atomic E-state index is 11.4. The third kappa shape index (κ3) is 3.97. The molecule has 0 fully saturated rings. The van der Waals surface area contributed by atoms with E-state index in [1.165, 1.54) is 17.5 Å². The number of benzene rings is 1. The standard InChI is InChI=1S/C17H25NO3/c1-3-10-18-17(2,16(19)20)9-11-21-15-8-7-13-5-4-6-14(13)12-15/h7-8,12,18H,3-6,9-11H2,1-2H3,(H,19,20). The lowest BCUT2D eigenvalue weighted by Gasteiger charge is -2.26. The van der Waals surface area contributed by atoms with Crippen molar-refractivity contribution in [2.45, 2.75) is 51.5 Å². The number of aliphatic carboxylic acids is 1. The van der Waals surface area contributed by atoms with Crippen molar-refractivity contribution in [1.82, 2.24) is 5.32 Å². The molecule has 0 aliphatic heterocycles. The number of rotatable bonds is 8. The van der Waals surface area contributed by atoms with Crippen molar-refractivity contribution in [1.29, 1.82) is 0 Å². The molecule has 4 nitrogen and oxygen atoms in total. The molecule has 0 radical (unpaired) electrons. The number of carbonyl (C=O) groups is 1. The number of carboxylic acid groups (broad SMARTS) is 1. The summed E-state index contributed by atoms with van der Waals surface area (Å²) < 4.78 is 5.75. The van der Waals surface area contributed by atoms with E-state index in [2.05, 4.69) is 17.4 Å². The number of ether oxygens (including phenoxy) is 1. The molecule has 1 aliphatic rings. The fourth-order valence-corrected chi connectivity index (χ4v) is 2.68. The summed E-state index contributed by atoms with van der Waals surface area (Å²) in [6, 6.07) is 6.21. The van der Waals surface area contributed by atoms with Crippen LogP contribution in [-0.2, 0) is 17.6 Å². The van der Waals surface area contributed by atoms with Crippen LogP contribution in [0.15, 0.2) is 18.2 Å². The predicted octanol–water partition coefficient (Wildman–Crippen LogP) is 2.79. The molecule has 0 saturated carbocycles. The van der Waals surface area contributed by atoms with Gasteiger partial charge in [0.05, 0.1) is 6.61 Å². The summed E-state index contributed by atoms with van der Waals surface area (Å²) in [6.07, 6.45) is 4.86. The molecule has 1 aliphatic carbocycles. The summed E-state index contributed by atoms with van der Waals surface area (Å²) in [5.41, 5.74) is 1.87. The fourth-order valence-electron chi connectivity index (χ4n) is 2.68. The Balaban J connectivity index is 1.88. The van der Waals surface area contributed by atoms with Crippen molar-refractivity contribution in [2.75, 3.05) is 13.2 Å². The van der Waals surface area contributed by atoms with Crippen LogP contribution in [0.2, 0.25) is 0 Å². The lowest BCUT2D eigenvalue weighted by Crippen LogP contribution is -2.50. The average molecular weight is 291 g/mol. The Morgan fingerprint density at radius 3 is 2.86 bits per heavy atom. The number of nitrogens with one attached hydrogen (secondary N) is 1. The highest BCUT2D eigenvalue weighted by Crippen LogP contribution is 2.26. The van der Waals surface area contributed by atoms with Gasteiger partial charge in [0.1, 0.15) is 11.3 Å². The van der Waals surface area contributed by atoms with Crippen molar-refractivity contribution in [3.8, 4) is 5.75 Å². The van der Waals surface area contributed by atoms with E-state index in [0.717, 1.165) is 25.0 Å². The molecule has 1 aromatic rings. The third-order valence-corrected chi connectivity index (χ3v) is 4.18. The molecule has 2 N–H and O–H groups in total. The molecule has 116 valence electrons. The van der Waals surface area contributed by atoms with Crippen LogP contribution in [0.3, 0.4) is 0 Å². The summed E-state index contributed by atoms with van der Waals surface area (Å²) in [6.45, 7) is 4.84. The molecule has 4 heteroatoms. The molecule has 1 unspecified atom stereocenters. The monoisotopic (exact) mass is 291 g/mol. The van der Waals surface area contributed by atoms with Gasteiger partial charge in [0.25, 0.3) is 0 Å². The molecule has 0 bridgehead atoms. The van der Waals surface area contributed by atoms with E-state index in [0.29, 0.717) is 19.6 Å². The van der Waals surface area contributed by atoms with Crippen LogP contribution in [0.5, 0.6) is 5.75 Å². The van der Waals surface area contributed by atoms with Gasteiger partial charge in [-0.3, -0.25) is 4.79 Å². The van der Waals surface area contributed by atoms with E-state index in [1.807, 2.05) is 13.0 Å². The Bertz CT molecular complexity index is 501. The van der Waals surface area contributed by atoms with Gasteiger partial charge in [-0.15, -0.1) is 0 Å². The van der Waals surface area contributed by atoms with E-state index in [1.54, 1.807) is 6.92 Å². The second-order valence-corrected chi connectivity index (χ2v) is 5.95. The summed E-state index contributed by atoms with van der Waals surface area (Å²) >= 11 is 0. The molecule has 0 saturated heterocycles. The normalized spacial score (nSPS) is 16.3. The van der Waals surface area contributed by atoms with Crippen molar-refractivity contribution in [2.24, 2.45) is 0 Å². The molecular weight excluding hydrogens is 266 g/mol. The van der Waals surface area contributed by atoms with Gasteiger partial charge in [-0.1, -0.05) is 13.0 Å². The molecule has 2 rings (SSSR count). The number of hydrogen-bond donors (Lipinski definition) is 2. The van der Waals surface area contributed by atoms with Gasteiger partial charge in [-0.2, -0.15) is 0 Å². The lowest BCUT2D eigenvalue weighted by molar-refractivity contribution is -0.144. The minimum Gasteiger partial charge on any atom is -0.493 e. The van der Waals surface area contributed by atoms with E-state index in [4.69, 9.17) is 4.74 Å². The zero-order valence-corrected chi connectivity index (χ0v) is 12.9. The minimum absolute atomic E-state index is 0.401. The molecule has 0 spiro atoms. The zero-order chi connectivity index (χ0) is 15.3. The summed E-state index contributed by atoms with van der Waals surface area (Å²) in [7, 11) is 0. The van der Waals surface area contributed by atoms with Crippen LogP contribution in [0.25, 0.3) is 0 Å². The second kappa shape index (κ2) is 6.94. The molecule has 1 aromatic carbocycles. The van der Waals surface area contributed by atoms with Crippen molar-refractivity contribution in [3.05, 3.63) is 29.3 Å². The fraction of sp³-hybridized carbons (Fsp3) is 0.588. The second-order valence-electron chi connectivity index (χ2n) is 5.95. The smallest absolute Gasteiger partial charge is 0.323 e. The van der Waals surface area contributed by atoms with Crippen LogP contribution in [0.4, 0.5) is 0 Å². The van der Waals surface area contributed by atoms with Gasteiger partial charge in [0.15, 0.2) is 0 Å². The average Bonchev–Trinajstić information content (AvgIpc) is 2.92. The van der Waals surface area contributed by atoms with Gasteiger partial charge in [0.2, 0.25) is 0 Å². The van der Waals surface area contributed by atoms with Gasteiger partial charge < -0.3 is 15.2 Å². The van der Waals surface area contributed by atoms with E-state index < -0.39 is 11.5 Å². The van der Waals surface area contributed by atoms with Crippen molar-refractivity contribution >= 4 is 5.97 Å².